The van der Waals surface area contributed by atoms with Gasteiger partial charge in [-0.3, -0.25) is 10.2 Å². The first-order valence-electron chi connectivity index (χ1n) is 6.23. The van der Waals surface area contributed by atoms with Crippen molar-refractivity contribution in [1.82, 2.24) is 19.8 Å². The molecule has 0 amide bonds. The Kier molecular flexibility index (Phi) is 2.83. The summed E-state index contributed by atoms with van der Waals surface area (Å²) < 4.78 is 2.19. The Morgan fingerprint density at radius 1 is 1.53 bits per heavy atom. The topological polar surface area (TPSA) is 56.9 Å². The van der Waals surface area contributed by atoms with Gasteiger partial charge in [-0.1, -0.05) is 0 Å². The van der Waals surface area contributed by atoms with Crippen LogP contribution < -0.4 is 5.32 Å². The number of hydrogen-bond acceptors (Lipinski definition) is 4. The van der Waals surface area contributed by atoms with Gasteiger partial charge in [0.05, 0.1) is 12.6 Å². The fraction of sp³-hybridized carbons (Fsp3) is 0.667. The van der Waals surface area contributed by atoms with E-state index in [1.54, 1.807) is 0 Å². The fourth-order valence-electron chi connectivity index (χ4n) is 2.30. The van der Waals surface area contributed by atoms with Gasteiger partial charge in [0.1, 0.15) is 11.9 Å². The van der Waals surface area contributed by atoms with E-state index < -0.39 is 0 Å². The second-order valence-corrected chi connectivity index (χ2v) is 4.89. The molecule has 1 aromatic rings. The molecule has 0 saturated heterocycles. The molecular formula is C12H17N5. The van der Waals surface area contributed by atoms with Crippen LogP contribution in [0.5, 0.6) is 0 Å². The Bertz CT molecular complexity index is 428. The van der Waals surface area contributed by atoms with Gasteiger partial charge >= 0.3 is 0 Å². The van der Waals surface area contributed by atoms with Gasteiger partial charge in [0, 0.05) is 38.1 Å². The van der Waals surface area contributed by atoms with Crippen LogP contribution in [0.2, 0.25) is 0 Å². The summed E-state index contributed by atoms with van der Waals surface area (Å²) in [6.45, 7) is 3.65. The lowest BCUT2D eigenvalue weighted by Gasteiger charge is -2.29. The standard InChI is InChI=1S/C12H17N5/c13-7-11(15-10-1-2-10)8-16-5-6-17-4-3-14-12(17)9-16/h3-4,10-11,15H,1-2,5-6,8-9H2. The lowest BCUT2D eigenvalue weighted by atomic mass is 10.2. The lowest BCUT2D eigenvalue weighted by molar-refractivity contribution is 0.205. The minimum absolute atomic E-state index is 0.0380. The molecule has 1 atom stereocenters. The van der Waals surface area contributed by atoms with Crippen molar-refractivity contribution in [1.29, 1.82) is 5.26 Å². The van der Waals surface area contributed by atoms with Crippen LogP contribution >= 0.6 is 0 Å². The summed E-state index contributed by atoms with van der Waals surface area (Å²) in [5, 5.41) is 12.5. The summed E-state index contributed by atoms with van der Waals surface area (Å²) in [6, 6.07) is 2.91. The van der Waals surface area contributed by atoms with Gasteiger partial charge in [-0.15, -0.1) is 0 Å². The first-order valence-corrected chi connectivity index (χ1v) is 6.23. The number of hydrogen-bond donors (Lipinski definition) is 1. The molecule has 1 aliphatic carbocycles. The van der Waals surface area contributed by atoms with Gasteiger partial charge in [0.25, 0.3) is 0 Å². The summed E-state index contributed by atoms with van der Waals surface area (Å²) in [7, 11) is 0. The highest BCUT2D eigenvalue weighted by atomic mass is 15.2. The quantitative estimate of drug-likeness (QED) is 0.812. The highest BCUT2D eigenvalue weighted by Crippen LogP contribution is 2.19. The molecule has 3 rings (SSSR count). The van der Waals surface area contributed by atoms with Crippen LogP contribution in [0.15, 0.2) is 12.4 Å². The van der Waals surface area contributed by atoms with Crippen LogP contribution in [0.4, 0.5) is 0 Å². The molecule has 0 aromatic carbocycles. The third-order valence-corrected chi connectivity index (χ3v) is 3.43. The summed E-state index contributed by atoms with van der Waals surface area (Å²) in [5.41, 5.74) is 0. The van der Waals surface area contributed by atoms with Crippen LogP contribution in [0.3, 0.4) is 0 Å². The average Bonchev–Trinajstić information content (AvgIpc) is 3.04. The maximum absolute atomic E-state index is 9.13. The molecular weight excluding hydrogens is 214 g/mol. The second-order valence-electron chi connectivity index (χ2n) is 4.89. The molecule has 1 fully saturated rings. The molecule has 2 heterocycles. The van der Waals surface area contributed by atoms with Crippen LogP contribution in [-0.4, -0.2) is 39.6 Å². The van der Waals surface area contributed by atoms with Crippen molar-refractivity contribution in [2.45, 2.75) is 38.0 Å². The number of nitrogens with one attached hydrogen (secondary N) is 1. The predicted molar refractivity (Wildman–Crippen MR) is 63.1 cm³/mol. The fourth-order valence-corrected chi connectivity index (χ4v) is 2.30. The van der Waals surface area contributed by atoms with Crippen molar-refractivity contribution in [2.24, 2.45) is 0 Å². The van der Waals surface area contributed by atoms with E-state index in [9.17, 15) is 0 Å². The maximum Gasteiger partial charge on any atom is 0.122 e. The highest BCUT2D eigenvalue weighted by molar-refractivity contribution is 5.00. The normalized spacial score (nSPS) is 21.8. The van der Waals surface area contributed by atoms with Crippen molar-refractivity contribution in [3.05, 3.63) is 18.2 Å². The number of aromatic nitrogens is 2. The van der Waals surface area contributed by atoms with Gasteiger partial charge in [0.2, 0.25) is 0 Å². The largest absolute Gasteiger partial charge is 0.333 e. The van der Waals surface area contributed by atoms with E-state index >= 15 is 0 Å². The molecule has 1 unspecified atom stereocenters. The number of imidazole rings is 1. The Balaban J connectivity index is 1.57. The Labute approximate surface area is 101 Å². The van der Waals surface area contributed by atoms with Crippen molar-refractivity contribution in [3.8, 4) is 6.07 Å². The first kappa shape index (κ1) is 10.8. The minimum Gasteiger partial charge on any atom is -0.333 e. The molecule has 0 spiro atoms. The molecule has 0 bridgehead atoms. The third-order valence-electron chi connectivity index (χ3n) is 3.43. The van der Waals surface area contributed by atoms with Crippen molar-refractivity contribution in [3.63, 3.8) is 0 Å². The van der Waals surface area contributed by atoms with E-state index in [1.807, 2.05) is 12.4 Å². The number of rotatable bonds is 4. The summed E-state index contributed by atoms with van der Waals surface area (Å²) >= 11 is 0. The van der Waals surface area contributed by atoms with E-state index in [4.69, 9.17) is 5.26 Å². The van der Waals surface area contributed by atoms with Crippen molar-refractivity contribution < 1.29 is 0 Å². The Morgan fingerprint density at radius 2 is 2.41 bits per heavy atom. The molecule has 1 aromatic heterocycles. The average molecular weight is 231 g/mol. The highest BCUT2D eigenvalue weighted by Gasteiger charge is 2.26. The zero-order chi connectivity index (χ0) is 11.7. The molecule has 1 N–H and O–H groups in total. The first-order chi connectivity index (χ1) is 8.35. The predicted octanol–water partition coefficient (Wildman–Crippen LogP) is 0.343. The maximum atomic E-state index is 9.13. The van der Waals surface area contributed by atoms with Gasteiger partial charge < -0.3 is 4.57 Å². The van der Waals surface area contributed by atoms with Crippen LogP contribution in [-0.2, 0) is 13.1 Å². The van der Waals surface area contributed by atoms with E-state index in [0.717, 1.165) is 32.0 Å². The number of nitriles is 1. The zero-order valence-corrected chi connectivity index (χ0v) is 9.84. The van der Waals surface area contributed by atoms with Gasteiger partial charge in [-0.2, -0.15) is 5.26 Å². The number of fused-ring (bicyclic) bond motifs is 1. The van der Waals surface area contributed by atoms with Crippen molar-refractivity contribution >= 4 is 0 Å². The van der Waals surface area contributed by atoms with Gasteiger partial charge in [0.15, 0.2) is 0 Å². The second kappa shape index (κ2) is 4.47. The summed E-state index contributed by atoms with van der Waals surface area (Å²) in [4.78, 5) is 6.64. The van der Waals surface area contributed by atoms with E-state index in [2.05, 4.69) is 25.8 Å². The van der Waals surface area contributed by atoms with Crippen LogP contribution in [0.25, 0.3) is 0 Å². The van der Waals surface area contributed by atoms with Crippen molar-refractivity contribution in [2.75, 3.05) is 13.1 Å². The minimum atomic E-state index is -0.0380. The van der Waals surface area contributed by atoms with Crippen LogP contribution in [0, 0.1) is 11.3 Å². The number of nitrogens with zero attached hydrogens (tertiary/aromatic N) is 4. The SMILES string of the molecule is N#CC(CN1CCn2ccnc2C1)NC1CC1. The molecule has 1 aliphatic heterocycles. The molecule has 5 heteroatoms. The van der Waals surface area contributed by atoms with Crippen LogP contribution in [0.1, 0.15) is 18.7 Å². The molecule has 17 heavy (non-hydrogen) atoms. The molecule has 1 saturated carbocycles. The zero-order valence-electron chi connectivity index (χ0n) is 9.84. The molecule has 0 radical (unpaired) electrons. The molecule has 2 aliphatic rings. The monoisotopic (exact) mass is 231 g/mol. The Morgan fingerprint density at radius 3 is 3.18 bits per heavy atom. The van der Waals surface area contributed by atoms with E-state index in [-0.39, 0.29) is 6.04 Å². The molecule has 90 valence electrons. The van der Waals surface area contributed by atoms with Gasteiger partial charge in [-0.25, -0.2) is 4.98 Å². The smallest absolute Gasteiger partial charge is 0.122 e. The lowest BCUT2D eigenvalue weighted by Crippen LogP contribution is -2.44. The van der Waals surface area contributed by atoms with Gasteiger partial charge in [-0.05, 0) is 12.8 Å². The summed E-state index contributed by atoms with van der Waals surface area (Å²) in [6.07, 6.45) is 6.32. The van der Waals surface area contributed by atoms with E-state index in [0.29, 0.717) is 6.04 Å². The Hall–Kier alpha value is -1.38. The van der Waals surface area contributed by atoms with E-state index in [1.165, 1.54) is 12.8 Å². The molecule has 5 nitrogen and oxygen atoms in total. The summed E-state index contributed by atoms with van der Waals surface area (Å²) in [5.74, 6) is 1.11. The third kappa shape index (κ3) is 2.48.